The van der Waals surface area contributed by atoms with Crippen molar-refractivity contribution in [3.63, 3.8) is 0 Å². The number of rotatable bonds is 6. The fourth-order valence-corrected chi connectivity index (χ4v) is 2.70. The maximum atomic E-state index is 11.3. The number of esters is 1. The molecule has 0 bridgehead atoms. The monoisotopic (exact) mass is 383 g/mol. The number of nitrogens with zero attached hydrogens (tertiary/aromatic N) is 3. The van der Waals surface area contributed by atoms with Gasteiger partial charge >= 0.3 is 12.0 Å². The van der Waals surface area contributed by atoms with Crippen molar-refractivity contribution in [2.45, 2.75) is 19.8 Å². The highest BCUT2D eigenvalue weighted by Crippen LogP contribution is 2.31. The Morgan fingerprint density at radius 3 is 2.48 bits per heavy atom. The number of pyridine rings is 1. The molecule has 0 unspecified atom stereocenters. The second-order valence-corrected chi connectivity index (χ2v) is 6.23. The van der Waals surface area contributed by atoms with E-state index in [0.717, 1.165) is 22.3 Å². The molecule has 1 aromatic carbocycles. The first kappa shape index (κ1) is 18.8. The second-order valence-electron chi connectivity index (χ2n) is 5.79. The van der Waals surface area contributed by atoms with E-state index in [4.69, 9.17) is 21.1 Å². The molecule has 6 nitrogen and oxygen atoms in total. The molecule has 0 aliphatic carbocycles. The van der Waals surface area contributed by atoms with Gasteiger partial charge in [0.05, 0.1) is 7.11 Å². The summed E-state index contributed by atoms with van der Waals surface area (Å²) < 4.78 is 10.4. The molecule has 3 rings (SSSR count). The fraction of sp³-hybridized carbons (Fsp3) is 0.200. The van der Waals surface area contributed by atoms with Gasteiger partial charge in [0.25, 0.3) is 0 Å². The second kappa shape index (κ2) is 8.60. The number of carbonyl (C=O) groups excluding carboxylic acids is 1. The standard InChI is InChI=1S/C20H18ClN3O3/c1-3-18(25)27-20-23-11-14(12-24-20)7-13-8-17(19(26-2)22-10-13)15-5-4-6-16(21)9-15/h4-6,8-12H,3,7H2,1-2H3. The summed E-state index contributed by atoms with van der Waals surface area (Å²) in [6.07, 6.45) is 5.86. The lowest BCUT2D eigenvalue weighted by atomic mass is 10.0. The van der Waals surface area contributed by atoms with Gasteiger partial charge in [-0.1, -0.05) is 30.7 Å². The third kappa shape index (κ3) is 4.80. The average Bonchev–Trinajstić information content (AvgIpc) is 2.69. The summed E-state index contributed by atoms with van der Waals surface area (Å²) in [7, 11) is 1.58. The third-order valence-corrected chi connectivity index (χ3v) is 4.06. The molecule has 0 spiro atoms. The van der Waals surface area contributed by atoms with Gasteiger partial charge in [-0.15, -0.1) is 0 Å². The van der Waals surface area contributed by atoms with Crippen LogP contribution >= 0.6 is 11.6 Å². The van der Waals surface area contributed by atoms with Crippen LogP contribution < -0.4 is 9.47 Å². The first-order valence-electron chi connectivity index (χ1n) is 8.39. The Kier molecular flexibility index (Phi) is 5.98. The molecule has 0 saturated heterocycles. The van der Waals surface area contributed by atoms with Gasteiger partial charge in [0.15, 0.2) is 0 Å². The molecule has 0 amide bonds. The van der Waals surface area contributed by atoms with Crippen LogP contribution in [-0.4, -0.2) is 28.0 Å². The molecule has 138 valence electrons. The molecule has 0 saturated carbocycles. The van der Waals surface area contributed by atoms with Crippen LogP contribution in [0.3, 0.4) is 0 Å². The summed E-state index contributed by atoms with van der Waals surface area (Å²) in [6.45, 7) is 1.71. The molecule has 2 heterocycles. The van der Waals surface area contributed by atoms with Crippen molar-refractivity contribution in [1.29, 1.82) is 0 Å². The summed E-state index contributed by atoms with van der Waals surface area (Å²) in [4.78, 5) is 23.8. The zero-order valence-electron chi connectivity index (χ0n) is 15.0. The highest BCUT2D eigenvalue weighted by Gasteiger charge is 2.11. The van der Waals surface area contributed by atoms with Crippen molar-refractivity contribution >= 4 is 17.6 Å². The number of methoxy groups -OCH3 is 1. The quantitative estimate of drug-likeness (QED) is 0.596. The molecule has 2 aromatic heterocycles. The Hall–Kier alpha value is -2.99. The van der Waals surface area contributed by atoms with E-state index in [0.29, 0.717) is 17.3 Å². The fourth-order valence-electron chi connectivity index (χ4n) is 2.51. The minimum Gasteiger partial charge on any atom is -0.481 e. The molecule has 0 radical (unpaired) electrons. The Morgan fingerprint density at radius 2 is 1.81 bits per heavy atom. The summed E-state index contributed by atoms with van der Waals surface area (Å²) in [5.74, 6) is 0.160. The van der Waals surface area contributed by atoms with Crippen LogP contribution in [0.25, 0.3) is 11.1 Å². The summed E-state index contributed by atoms with van der Waals surface area (Å²) in [6, 6.07) is 9.58. The zero-order valence-corrected chi connectivity index (χ0v) is 15.7. The topological polar surface area (TPSA) is 74.2 Å². The summed E-state index contributed by atoms with van der Waals surface area (Å²) >= 11 is 6.11. The lowest BCUT2D eigenvalue weighted by Crippen LogP contribution is -2.08. The van der Waals surface area contributed by atoms with Crippen LogP contribution in [-0.2, 0) is 11.2 Å². The van der Waals surface area contributed by atoms with Crippen molar-refractivity contribution < 1.29 is 14.3 Å². The van der Waals surface area contributed by atoms with E-state index in [1.54, 1.807) is 32.6 Å². The lowest BCUT2D eigenvalue weighted by molar-refractivity contribution is -0.134. The molecule has 7 heteroatoms. The van der Waals surface area contributed by atoms with Gasteiger partial charge < -0.3 is 9.47 Å². The predicted octanol–water partition coefficient (Wildman–Crippen LogP) is 4.11. The Labute approximate surface area is 162 Å². The first-order valence-corrected chi connectivity index (χ1v) is 8.77. The van der Waals surface area contributed by atoms with Crippen LogP contribution in [0, 0.1) is 0 Å². The van der Waals surface area contributed by atoms with Crippen molar-refractivity contribution in [2.24, 2.45) is 0 Å². The van der Waals surface area contributed by atoms with Crippen LogP contribution in [0.15, 0.2) is 48.9 Å². The largest absolute Gasteiger partial charge is 0.481 e. The predicted molar refractivity (Wildman–Crippen MR) is 102 cm³/mol. The van der Waals surface area contributed by atoms with Gasteiger partial charge in [-0.05, 0) is 34.9 Å². The first-order chi connectivity index (χ1) is 13.1. The van der Waals surface area contributed by atoms with Crippen molar-refractivity contribution in [3.05, 3.63) is 65.1 Å². The number of halogens is 1. The van der Waals surface area contributed by atoms with E-state index in [-0.39, 0.29) is 18.4 Å². The summed E-state index contributed by atoms with van der Waals surface area (Å²) in [5.41, 5.74) is 3.61. The molecule has 0 aliphatic heterocycles. The molecular formula is C20H18ClN3O3. The number of aromatic nitrogens is 3. The van der Waals surface area contributed by atoms with Gasteiger partial charge in [0, 0.05) is 42.0 Å². The molecule has 0 aliphatic rings. The maximum absolute atomic E-state index is 11.3. The molecule has 27 heavy (non-hydrogen) atoms. The summed E-state index contributed by atoms with van der Waals surface area (Å²) in [5, 5.41) is 0.644. The van der Waals surface area contributed by atoms with Gasteiger partial charge in [-0.2, -0.15) is 0 Å². The van der Waals surface area contributed by atoms with E-state index >= 15 is 0 Å². The molecule has 0 fully saturated rings. The Bertz CT molecular complexity index is 945. The smallest absolute Gasteiger partial charge is 0.324 e. The van der Waals surface area contributed by atoms with E-state index in [1.807, 2.05) is 30.3 Å². The number of hydrogen-bond donors (Lipinski definition) is 0. The Morgan fingerprint density at radius 1 is 1.07 bits per heavy atom. The molecule has 3 aromatic rings. The number of carbonyl (C=O) groups is 1. The molecule has 0 atom stereocenters. The SMILES string of the molecule is CCC(=O)Oc1ncc(Cc2cnc(OC)c(-c3cccc(Cl)c3)c2)cn1. The van der Waals surface area contributed by atoms with Crippen molar-refractivity contribution in [2.75, 3.05) is 7.11 Å². The number of benzene rings is 1. The maximum Gasteiger partial charge on any atom is 0.324 e. The van der Waals surface area contributed by atoms with Gasteiger partial charge in [0.2, 0.25) is 5.88 Å². The van der Waals surface area contributed by atoms with E-state index in [2.05, 4.69) is 15.0 Å². The zero-order chi connectivity index (χ0) is 19.2. The minimum absolute atomic E-state index is 0.0538. The Balaban J connectivity index is 1.83. The van der Waals surface area contributed by atoms with E-state index < -0.39 is 0 Å². The van der Waals surface area contributed by atoms with Crippen LogP contribution in [0.1, 0.15) is 24.5 Å². The highest BCUT2D eigenvalue weighted by molar-refractivity contribution is 6.30. The number of hydrogen-bond acceptors (Lipinski definition) is 6. The number of ether oxygens (including phenoxy) is 2. The van der Waals surface area contributed by atoms with Crippen molar-refractivity contribution in [1.82, 2.24) is 15.0 Å². The van der Waals surface area contributed by atoms with Crippen LogP contribution in [0.4, 0.5) is 0 Å². The third-order valence-electron chi connectivity index (χ3n) is 3.82. The van der Waals surface area contributed by atoms with Crippen LogP contribution in [0.5, 0.6) is 11.9 Å². The van der Waals surface area contributed by atoms with Gasteiger partial charge in [0.1, 0.15) is 0 Å². The highest BCUT2D eigenvalue weighted by atomic mass is 35.5. The van der Waals surface area contributed by atoms with E-state index in [9.17, 15) is 4.79 Å². The van der Waals surface area contributed by atoms with Gasteiger partial charge in [-0.3, -0.25) is 4.79 Å². The van der Waals surface area contributed by atoms with Crippen LogP contribution in [0.2, 0.25) is 5.02 Å². The average molecular weight is 384 g/mol. The van der Waals surface area contributed by atoms with Gasteiger partial charge in [-0.25, -0.2) is 15.0 Å². The lowest BCUT2D eigenvalue weighted by Gasteiger charge is -2.10. The molecule has 0 N–H and O–H groups in total. The normalized spacial score (nSPS) is 10.5. The van der Waals surface area contributed by atoms with Crippen molar-refractivity contribution in [3.8, 4) is 23.0 Å². The molecular weight excluding hydrogens is 366 g/mol. The minimum atomic E-state index is -0.367. The van der Waals surface area contributed by atoms with E-state index in [1.165, 1.54) is 0 Å².